The summed E-state index contributed by atoms with van der Waals surface area (Å²) in [6.45, 7) is 1.59. The number of rotatable bonds is 2. The number of nitrogens with one attached hydrogen (secondary N) is 1. The second kappa shape index (κ2) is 4.41. The van der Waals surface area contributed by atoms with Gasteiger partial charge in [-0.1, -0.05) is 0 Å². The number of nitrogen functional groups attached to an aromatic ring is 1. The van der Waals surface area contributed by atoms with E-state index >= 15 is 0 Å². The SMILES string of the molecule is CN(c1nc(N)nc2[nH]ncc12)C1CCOCC1. The molecule has 96 valence electrons. The Balaban J connectivity index is 1.99. The molecule has 0 unspecified atom stereocenters. The monoisotopic (exact) mass is 248 g/mol. The number of anilines is 2. The van der Waals surface area contributed by atoms with E-state index in [1.165, 1.54) is 0 Å². The van der Waals surface area contributed by atoms with Crippen LogP contribution in [0.15, 0.2) is 6.20 Å². The van der Waals surface area contributed by atoms with Crippen LogP contribution in [0.25, 0.3) is 11.0 Å². The number of nitrogens with two attached hydrogens (primary N) is 1. The molecular formula is C11H16N6O. The first-order valence-corrected chi connectivity index (χ1v) is 6.03. The Labute approximate surface area is 104 Å². The number of aromatic nitrogens is 4. The standard InChI is InChI=1S/C11H16N6O/c1-17(7-2-4-18-5-3-7)10-8-6-13-16-9(8)14-11(12)15-10/h6-7H,2-5H2,1H3,(H3,12,13,14,15,16). The minimum atomic E-state index is 0.264. The lowest BCUT2D eigenvalue weighted by molar-refractivity contribution is 0.0854. The molecule has 3 N–H and O–H groups in total. The Morgan fingerprint density at radius 2 is 2.17 bits per heavy atom. The van der Waals surface area contributed by atoms with Crippen molar-refractivity contribution in [3.8, 4) is 0 Å². The van der Waals surface area contributed by atoms with Crippen LogP contribution in [0.2, 0.25) is 0 Å². The first-order valence-electron chi connectivity index (χ1n) is 6.03. The fraction of sp³-hybridized carbons (Fsp3) is 0.545. The van der Waals surface area contributed by atoms with Crippen molar-refractivity contribution < 1.29 is 4.74 Å². The van der Waals surface area contributed by atoms with E-state index in [1.54, 1.807) is 6.20 Å². The van der Waals surface area contributed by atoms with E-state index in [4.69, 9.17) is 10.5 Å². The highest BCUT2D eigenvalue weighted by atomic mass is 16.5. The summed E-state index contributed by atoms with van der Waals surface area (Å²) in [7, 11) is 2.03. The molecule has 0 bridgehead atoms. The quantitative estimate of drug-likeness (QED) is 0.806. The van der Waals surface area contributed by atoms with Crippen LogP contribution in [0.4, 0.5) is 11.8 Å². The largest absolute Gasteiger partial charge is 0.381 e. The average molecular weight is 248 g/mol. The first-order chi connectivity index (χ1) is 8.75. The van der Waals surface area contributed by atoms with Crippen LogP contribution in [0, 0.1) is 0 Å². The molecule has 0 aromatic carbocycles. The summed E-state index contributed by atoms with van der Waals surface area (Å²) in [6.07, 6.45) is 3.74. The van der Waals surface area contributed by atoms with E-state index in [0.29, 0.717) is 11.7 Å². The maximum absolute atomic E-state index is 5.73. The number of fused-ring (bicyclic) bond motifs is 1. The van der Waals surface area contributed by atoms with Gasteiger partial charge in [-0.2, -0.15) is 15.1 Å². The van der Waals surface area contributed by atoms with Crippen LogP contribution in [-0.2, 0) is 4.74 Å². The summed E-state index contributed by atoms with van der Waals surface area (Å²) in [5, 5.41) is 7.72. The third kappa shape index (κ3) is 1.86. The van der Waals surface area contributed by atoms with E-state index in [2.05, 4.69) is 25.1 Å². The van der Waals surface area contributed by atoms with Crippen LogP contribution in [-0.4, -0.2) is 46.5 Å². The Kier molecular flexibility index (Phi) is 2.75. The summed E-state index contributed by atoms with van der Waals surface area (Å²) in [6, 6.07) is 0.422. The summed E-state index contributed by atoms with van der Waals surface area (Å²) in [4.78, 5) is 10.6. The van der Waals surface area contributed by atoms with Crippen LogP contribution in [0.1, 0.15) is 12.8 Å². The molecule has 0 atom stereocenters. The van der Waals surface area contributed by atoms with Gasteiger partial charge in [0.2, 0.25) is 5.95 Å². The molecule has 7 nitrogen and oxygen atoms in total. The van der Waals surface area contributed by atoms with E-state index in [0.717, 1.165) is 37.3 Å². The van der Waals surface area contributed by atoms with Crippen molar-refractivity contribution in [1.29, 1.82) is 0 Å². The smallest absolute Gasteiger partial charge is 0.224 e. The van der Waals surface area contributed by atoms with Crippen molar-refractivity contribution in [2.24, 2.45) is 0 Å². The molecule has 2 aromatic rings. The molecule has 2 aromatic heterocycles. The summed E-state index contributed by atoms with van der Waals surface area (Å²) < 4.78 is 5.38. The van der Waals surface area contributed by atoms with E-state index in [-0.39, 0.29) is 5.95 Å². The molecule has 0 saturated carbocycles. The number of H-pyrrole nitrogens is 1. The van der Waals surface area contributed by atoms with Gasteiger partial charge in [-0.3, -0.25) is 5.10 Å². The van der Waals surface area contributed by atoms with Gasteiger partial charge in [0.15, 0.2) is 5.65 Å². The van der Waals surface area contributed by atoms with Gasteiger partial charge in [0.1, 0.15) is 5.82 Å². The van der Waals surface area contributed by atoms with Crippen molar-refractivity contribution in [3.05, 3.63) is 6.20 Å². The number of hydrogen-bond acceptors (Lipinski definition) is 6. The second-order valence-electron chi connectivity index (χ2n) is 4.49. The Morgan fingerprint density at radius 1 is 1.39 bits per heavy atom. The summed E-state index contributed by atoms with van der Waals surface area (Å²) in [5.74, 6) is 1.10. The topological polar surface area (TPSA) is 93.0 Å². The maximum Gasteiger partial charge on any atom is 0.224 e. The molecule has 1 aliphatic heterocycles. The second-order valence-corrected chi connectivity index (χ2v) is 4.49. The van der Waals surface area contributed by atoms with Gasteiger partial charge in [0.05, 0.1) is 11.6 Å². The van der Waals surface area contributed by atoms with Gasteiger partial charge in [-0.05, 0) is 12.8 Å². The Bertz CT molecular complexity index is 547. The zero-order valence-corrected chi connectivity index (χ0v) is 10.3. The molecule has 1 fully saturated rings. The van der Waals surface area contributed by atoms with Crippen molar-refractivity contribution >= 4 is 22.8 Å². The molecule has 18 heavy (non-hydrogen) atoms. The Morgan fingerprint density at radius 3 is 2.94 bits per heavy atom. The molecule has 7 heteroatoms. The highest BCUT2D eigenvalue weighted by molar-refractivity contribution is 5.87. The molecule has 1 saturated heterocycles. The highest BCUT2D eigenvalue weighted by Gasteiger charge is 2.22. The summed E-state index contributed by atoms with van der Waals surface area (Å²) >= 11 is 0. The van der Waals surface area contributed by atoms with Crippen molar-refractivity contribution in [1.82, 2.24) is 20.2 Å². The average Bonchev–Trinajstić information content (AvgIpc) is 2.86. The lowest BCUT2D eigenvalue weighted by Gasteiger charge is -2.32. The number of aromatic amines is 1. The van der Waals surface area contributed by atoms with Gasteiger partial charge in [-0.15, -0.1) is 0 Å². The van der Waals surface area contributed by atoms with E-state index < -0.39 is 0 Å². The van der Waals surface area contributed by atoms with Gasteiger partial charge >= 0.3 is 0 Å². The number of hydrogen-bond donors (Lipinski definition) is 2. The first kappa shape index (κ1) is 11.2. The normalized spacial score (nSPS) is 17.2. The fourth-order valence-electron chi connectivity index (χ4n) is 2.35. The lowest BCUT2D eigenvalue weighted by atomic mass is 10.1. The van der Waals surface area contributed by atoms with Gasteiger partial charge in [0.25, 0.3) is 0 Å². The number of nitrogens with zero attached hydrogens (tertiary/aromatic N) is 4. The molecule has 0 spiro atoms. The maximum atomic E-state index is 5.73. The van der Waals surface area contributed by atoms with Crippen molar-refractivity contribution in [2.45, 2.75) is 18.9 Å². The Hall–Kier alpha value is -1.89. The number of ether oxygens (including phenoxy) is 1. The van der Waals surface area contributed by atoms with Crippen molar-refractivity contribution in [3.63, 3.8) is 0 Å². The van der Waals surface area contributed by atoms with Crippen LogP contribution < -0.4 is 10.6 Å². The third-order valence-electron chi connectivity index (χ3n) is 3.38. The van der Waals surface area contributed by atoms with Crippen molar-refractivity contribution in [2.75, 3.05) is 30.9 Å². The molecular weight excluding hydrogens is 232 g/mol. The molecule has 0 radical (unpaired) electrons. The van der Waals surface area contributed by atoms with Gasteiger partial charge < -0.3 is 15.4 Å². The lowest BCUT2D eigenvalue weighted by Crippen LogP contribution is -2.37. The van der Waals surface area contributed by atoms with E-state index in [1.807, 2.05) is 7.05 Å². The minimum absolute atomic E-state index is 0.264. The molecule has 0 amide bonds. The molecule has 3 rings (SSSR count). The molecule has 1 aliphatic rings. The van der Waals surface area contributed by atoms with Gasteiger partial charge in [0, 0.05) is 26.3 Å². The van der Waals surface area contributed by atoms with Gasteiger partial charge in [-0.25, -0.2) is 0 Å². The highest BCUT2D eigenvalue weighted by Crippen LogP contribution is 2.26. The van der Waals surface area contributed by atoms with Crippen LogP contribution in [0.5, 0.6) is 0 Å². The molecule has 3 heterocycles. The van der Waals surface area contributed by atoms with Crippen LogP contribution >= 0.6 is 0 Å². The predicted molar refractivity (Wildman–Crippen MR) is 68.3 cm³/mol. The van der Waals surface area contributed by atoms with E-state index in [9.17, 15) is 0 Å². The minimum Gasteiger partial charge on any atom is -0.381 e. The van der Waals surface area contributed by atoms with Crippen LogP contribution in [0.3, 0.4) is 0 Å². The zero-order chi connectivity index (χ0) is 12.5. The fourth-order valence-corrected chi connectivity index (χ4v) is 2.35. The summed E-state index contributed by atoms with van der Waals surface area (Å²) in [5.41, 5.74) is 6.41. The molecule has 0 aliphatic carbocycles. The third-order valence-corrected chi connectivity index (χ3v) is 3.38. The predicted octanol–water partition coefficient (Wildman–Crippen LogP) is 0.550. The zero-order valence-electron chi connectivity index (χ0n) is 10.3.